The Labute approximate surface area is 170 Å². The van der Waals surface area contributed by atoms with Gasteiger partial charge in [-0.2, -0.15) is 0 Å². The predicted octanol–water partition coefficient (Wildman–Crippen LogP) is 3.10. The average Bonchev–Trinajstić information content (AvgIpc) is 2.70. The van der Waals surface area contributed by atoms with Gasteiger partial charge in [0.2, 0.25) is 5.91 Å². The number of halogens is 1. The Balaban J connectivity index is 1.40. The Hall–Kier alpha value is -2.73. The van der Waals surface area contributed by atoms with Crippen molar-refractivity contribution in [2.75, 3.05) is 31.1 Å². The molecule has 2 heterocycles. The molecule has 0 bridgehead atoms. The molecule has 0 aromatic heterocycles. The molecule has 0 atom stereocenters. The molecular weight excluding hydrogens is 371 g/mol. The lowest BCUT2D eigenvalue weighted by molar-refractivity contribution is -0.150. The first-order valence-corrected chi connectivity index (χ1v) is 9.97. The number of aryl methyl sites for hydroxylation is 1. The molecule has 0 N–H and O–H groups in total. The Morgan fingerprint density at radius 2 is 1.90 bits per heavy atom. The molecule has 6 heteroatoms. The molecule has 0 aliphatic carbocycles. The fraction of sp³-hybridized carbons (Fsp3) is 0.391. The van der Waals surface area contributed by atoms with Gasteiger partial charge in [-0.25, -0.2) is 4.39 Å². The largest absolute Gasteiger partial charge is 0.363 e. The van der Waals surface area contributed by atoms with Gasteiger partial charge in [-0.3, -0.25) is 9.59 Å². The SMILES string of the molecule is Cc1cccc(CC(=O)N2CCC3(CC2)CN(c2cccc(F)c2)C(=O)CO3)c1. The third-order valence-corrected chi connectivity index (χ3v) is 5.83. The summed E-state index contributed by atoms with van der Waals surface area (Å²) in [5, 5.41) is 0. The van der Waals surface area contributed by atoms with Crippen molar-refractivity contribution in [3.8, 4) is 0 Å². The zero-order chi connectivity index (χ0) is 20.4. The summed E-state index contributed by atoms with van der Waals surface area (Å²) in [5.74, 6) is -0.425. The molecule has 152 valence electrons. The van der Waals surface area contributed by atoms with E-state index in [1.54, 1.807) is 17.0 Å². The molecule has 2 aromatic carbocycles. The predicted molar refractivity (Wildman–Crippen MR) is 108 cm³/mol. The number of carbonyl (C=O) groups is 2. The van der Waals surface area contributed by atoms with Crippen molar-refractivity contribution in [3.63, 3.8) is 0 Å². The van der Waals surface area contributed by atoms with Crippen molar-refractivity contribution in [2.45, 2.75) is 31.8 Å². The number of nitrogens with zero attached hydrogens (tertiary/aromatic N) is 2. The Morgan fingerprint density at radius 1 is 1.14 bits per heavy atom. The maximum Gasteiger partial charge on any atom is 0.253 e. The van der Waals surface area contributed by atoms with Crippen LogP contribution in [0.3, 0.4) is 0 Å². The lowest BCUT2D eigenvalue weighted by Gasteiger charge is -2.47. The quantitative estimate of drug-likeness (QED) is 0.801. The van der Waals surface area contributed by atoms with Gasteiger partial charge in [0.05, 0.1) is 18.6 Å². The highest BCUT2D eigenvalue weighted by atomic mass is 19.1. The number of amides is 2. The highest BCUT2D eigenvalue weighted by Gasteiger charge is 2.43. The second-order valence-electron chi connectivity index (χ2n) is 7.98. The Morgan fingerprint density at radius 3 is 2.62 bits per heavy atom. The number of rotatable bonds is 3. The van der Waals surface area contributed by atoms with Crippen molar-refractivity contribution in [1.29, 1.82) is 0 Å². The summed E-state index contributed by atoms with van der Waals surface area (Å²) in [7, 11) is 0. The fourth-order valence-corrected chi connectivity index (χ4v) is 4.17. The molecule has 5 nitrogen and oxygen atoms in total. The molecule has 4 rings (SSSR count). The highest BCUT2D eigenvalue weighted by molar-refractivity contribution is 5.95. The van der Waals surface area contributed by atoms with Gasteiger partial charge in [-0.05, 0) is 43.5 Å². The molecule has 0 unspecified atom stereocenters. The number of hydrogen-bond acceptors (Lipinski definition) is 3. The van der Waals surface area contributed by atoms with Gasteiger partial charge in [-0.15, -0.1) is 0 Å². The number of hydrogen-bond donors (Lipinski definition) is 0. The van der Waals surface area contributed by atoms with Crippen molar-refractivity contribution >= 4 is 17.5 Å². The minimum absolute atomic E-state index is 0.0201. The second kappa shape index (κ2) is 7.95. The van der Waals surface area contributed by atoms with Gasteiger partial charge in [0.15, 0.2) is 0 Å². The van der Waals surface area contributed by atoms with E-state index in [9.17, 15) is 14.0 Å². The maximum absolute atomic E-state index is 13.6. The van der Waals surface area contributed by atoms with Crippen LogP contribution in [0.4, 0.5) is 10.1 Å². The van der Waals surface area contributed by atoms with Crippen LogP contribution in [0.25, 0.3) is 0 Å². The molecule has 2 aromatic rings. The number of morpholine rings is 1. The van der Waals surface area contributed by atoms with Crippen molar-refractivity contribution in [1.82, 2.24) is 4.90 Å². The van der Waals surface area contributed by atoms with Gasteiger partial charge in [0.1, 0.15) is 12.4 Å². The van der Waals surface area contributed by atoms with E-state index in [0.29, 0.717) is 44.6 Å². The molecule has 2 saturated heterocycles. The summed E-state index contributed by atoms with van der Waals surface area (Å²) in [5.41, 5.74) is 2.23. The van der Waals surface area contributed by atoms with Crippen molar-refractivity contribution in [3.05, 3.63) is 65.5 Å². The van der Waals surface area contributed by atoms with E-state index in [1.807, 2.05) is 36.1 Å². The number of carbonyl (C=O) groups excluding carboxylic acids is 2. The Bertz CT molecular complexity index is 922. The zero-order valence-electron chi connectivity index (χ0n) is 16.6. The van der Waals surface area contributed by atoms with Crippen LogP contribution < -0.4 is 4.90 Å². The molecule has 2 fully saturated rings. The van der Waals surface area contributed by atoms with Crippen LogP contribution in [0.15, 0.2) is 48.5 Å². The van der Waals surface area contributed by atoms with Crippen LogP contribution in [0.5, 0.6) is 0 Å². The van der Waals surface area contributed by atoms with Gasteiger partial charge in [0.25, 0.3) is 5.91 Å². The lowest BCUT2D eigenvalue weighted by atomic mass is 9.88. The first-order valence-electron chi connectivity index (χ1n) is 9.97. The fourth-order valence-electron chi connectivity index (χ4n) is 4.17. The number of likely N-dealkylation sites (tertiary alicyclic amines) is 1. The number of piperidine rings is 1. The molecule has 0 saturated carbocycles. The second-order valence-corrected chi connectivity index (χ2v) is 7.98. The highest BCUT2D eigenvalue weighted by Crippen LogP contribution is 2.33. The third kappa shape index (κ3) is 4.32. The smallest absolute Gasteiger partial charge is 0.253 e. The molecule has 29 heavy (non-hydrogen) atoms. The van der Waals surface area contributed by atoms with E-state index < -0.39 is 5.60 Å². The zero-order valence-corrected chi connectivity index (χ0v) is 16.6. The molecular formula is C23H25FN2O3. The van der Waals surface area contributed by atoms with E-state index in [-0.39, 0.29) is 24.2 Å². The molecule has 2 aliphatic heterocycles. The third-order valence-electron chi connectivity index (χ3n) is 5.83. The normalized spacial score (nSPS) is 18.9. The lowest BCUT2D eigenvalue weighted by Crippen LogP contribution is -2.59. The van der Waals surface area contributed by atoms with Gasteiger partial charge < -0.3 is 14.5 Å². The minimum atomic E-state index is -0.486. The van der Waals surface area contributed by atoms with Crippen LogP contribution in [-0.4, -0.2) is 48.6 Å². The number of anilines is 1. The van der Waals surface area contributed by atoms with Crippen molar-refractivity contribution < 1.29 is 18.7 Å². The van der Waals surface area contributed by atoms with E-state index >= 15 is 0 Å². The summed E-state index contributed by atoms with van der Waals surface area (Å²) in [4.78, 5) is 28.5. The number of ether oxygens (including phenoxy) is 1. The number of benzene rings is 2. The van der Waals surface area contributed by atoms with E-state index in [2.05, 4.69) is 0 Å². The van der Waals surface area contributed by atoms with Gasteiger partial charge in [-0.1, -0.05) is 35.9 Å². The van der Waals surface area contributed by atoms with Gasteiger partial charge in [0, 0.05) is 18.8 Å². The summed E-state index contributed by atoms with van der Waals surface area (Å²) in [6.45, 7) is 3.57. The first kappa shape index (κ1) is 19.6. The maximum atomic E-state index is 13.6. The summed E-state index contributed by atoms with van der Waals surface area (Å²) >= 11 is 0. The average molecular weight is 396 g/mol. The first-order chi connectivity index (χ1) is 13.9. The van der Waals surface area contributed by atoms with Crippen LogP contribution >= 0.6 is 0 Å². The topological polar surface area (TPSA) is 49.9 Å². The minimum Gasteiger partial charge on any atom is -0.363 e. The molecule has 0 radical (unpaired) electrons. The summed E-state index contributed by atoms with van der Waals surface area (Å²) < 4.78 is 19.6. The van der Waals surface area contributed by atoms with E-state index in [1.165, 1.54) is 12.1 Å². The molecule has 2 aliphatic rings. The monoisotopic (exact) mass is 396 g/mol. The van der Waals surface area contributed by atoms with Crippen molar-refractivity contribution in [2.24, 2.45) is 0 Å². The molecule has 1 spiro atoms. The van der Waals surface area contributed by atoms with E-state index in [0.717, 1.165) is 11.1 Å². The van der Waals surface area contributed by atoms with E-state index in [4.69, 9.17) is 4.74 Å². The summed E-state index contributed by atoms with van der Waals surface area (Å²) in [6, 6.07) is 14.1. The molecule has 2 amide bonds. The van der Waals surface area contributed by atoms with Crippen LogP contribution in [0, 0.1) is 12.7 Å². The Kier molecular flexibility index (Phi) is 5.37. The van der Waals surface area contributed by atoms with Gasteiger partial charge >= 0.3 is 0 Å². The summed E-state index contributed by atoms with van der Waals surface area (Å²) in [6.07, 6.45) is 1.71. The van der Waals surface area contributed by atoms with Crippen LogP contribution in [-0.2, 0) is 20.7 Å². The van der Waals surface area contributed by atoms with Crippen LogP contribution in [0.2, 0.25) is 0 Å². The standard InChI is InChI=1S/C23H25FN2O3/c1-17-4-2-5-18(12-17)13-21(27)25-10-8-23(9-11-25)16-26(22(28)15-29-23)20-7-3-6-19(24)14-20/h2-7,12,14H,8-11,13,15-16H2,1H3. The van der Waals surface area contributed by atoms with Crippen LogP contribution in [0.1, 0.15) is 24.0 Å².